The summed E-state index contributed by atoms with van der Waals surface area (Å²) in [7, 11) is 0. The fourth-order valence-electron chi connectivity index (χ4n) is 3.81. The lowest BCUT2D eigenvalue weighted by Crippen LogP contribution is -2.50. The predicted octanol–water partition coefficient (Wildman–Crippen LogP) is 3.70. The molecule has 3 aromatic rings. The van der Waals surface area contributed by atoms with E-state index in [1.54, 1.807) is 0 Å². The number of ether oxygens (including phenoxy) is 1. The van der Waals surface area contributed by atoms with Gasteiger partial charge in [-0.3, -0.25) is 9.69 Å². The lowest BCUT2D eigenvalue weighted by atomic mass is 10.0. The molecule has 1 saturated heterocycles. The standard InChI is InChI=1S/C24H27N3O2.2ClH/c25-15-22(21-11-10-19-8-4-5-9-20(19)14-21)26-24(28)23-17-27(12-13-29-23)16-18-6-2-1-3-7-18;;/h1-11,14,22-23H,12-13,15-17,25H2,(H,26,28);2*1H. The van der Waals surface area contributed by atoms with Crippen molar-refractivity contribution in [1.82, 2.24) is 10.2 Å². The Labute approximate surface area is 195 Å². The molecule has 2 unspecified atom stereocenters. The predicted molar refractivity (Wildman–Crippen MR) is 130 cm³/mol. The van der Waals surface area contributed by atoms with Crippen LogP contribution in [0, 0.1) is 0 Å². The lowest BCUT2D eigenvalue weighted by molar-refractivity contribution is -0.139. The first-order chi connectivity index (χ1) is 14.2. The molecule has 0 bridgehead atoms. The number of nitrogens with two attached hydrogens (primary N) is 1. The summed E-state index contributed by atoms with van der Waals surface area (Å²) in [5.41, 5.74) is 8.24. The maximum Gasteiger partial charge on any atom is 0.250 e. The number of morpholine rings is 1. The van der Waals surface area contributed by atoms with E-state index in [9.17, 15) is 4.79 Å². The maximum atomic E-state index is 12.9. The summed E-state index contributed by atoms with van der Waals surface area (Å²) in [6.45, 7) is 3.11. The zero-order valence-corrected chi connectivity index (χ0v) is 18.9. The van der Waals surface area contributed by atoms with Crippen LogP contribution in [0.1, 0.15) is 17.2 Å². The molecular weight excluding hydrogens is 433 g/mol. The number of benzene rings is 3. The Hall–Kier alpha value is -2.15. The minimum Gasteiger partial charge on any atom is -0.366 e. The van der Waals surface area contributed by atoms with Gasteiger partial charge in [-0.1, -0.05) is 66.7 Å². The summed E-state index contributed by atoms with van der Waals surface area (Å²) in [5.74, 6) is -0.105. The SMILES string of the molecule is Cl.Cl.NCC(NC(=O)C1CN(Cc2ccccc2)CCO1)c1ccc2ccccc2c1. The molecule has 0 aromatic heterocycles. The van der Waals surface area contributed by atoms with Crippen molar-refractivity contribution < 1.29 is 9.53 Å². The van der Waals surface area contributed by atoms with Gasteiger partial charge in [0.25, 0.3) is 5.91 Å². The van der Waals surface area contributed by atoms with Gasteiger partial charge < -0.3 is 15.8 Å². The summed E-state index contributed by atoms with van der Waals surface area (Å²) in [4.78, 5) is 15.1. The molecule has 1 amide bonds. The molecular formula is C24H29Cl2N3O2. The fourth-order valence-corrected chi connectivity index (χ4v) is 3.81. The third-order valence-corrected chi connectivity index (χ3v) is 5.42. The van der Waals surface area contributed by atoms with E-state index >= 15 is 0 Å². The van der Waals surface area contributed by atoms with Gasteiger partial charge >= 0.3 is 0 Å². The second-order valence-electron chi connectivity index (χ2n) is 7.48. The summed E-state index contributed by atoms with van der Waals surface area (Å²) in [6, 6.07) is 24.4. The minimum absolute atomic E-state index is 0. The number of halogens is 2. The van der Waals surface area contributed by atoms with Gasteiger partial charge in [0.1, 0.15) is 6.10 Å². The molecule has 3 aromatic carbocycles. The van der Waals surface area contributed by atoms with Gasteiger partial charge in [0, 0.05) is 26.2 Å². The van der Waals surface area contributed by atoms with Crippen LogP contribution in [0.4, 0.5) is 0 Å². The van der Waals surface area contributed by atoms with E-state index in [0.717, 1.165) is 24.0 Å². The monoisotopic (exact) mass is 461 g/mol. The van der Waals surface area contributed by atoms with Crippen LogP contribution in [0.2, 0.25) is 0 Å². The van der Waals surface area contributed by atoms with Crippen molar-refractivity contribution in [3.63, 3.8) is 0 Å². The second-order valence-corrected chi connectivity index (χ2v) is 7.48. The highest BCUT2D eigenvalue weighted by Gasteiger charge is 2.28. The number of carbonyl (C=O) groups excluding carboxylic acids is 1. The fraction of sp³-hybridized carbons (Fsp3) is 0.292. The van der Waals surface area contributed by atoms with Gasteiger partial charge in [-0.05, 0) is 28.0 Å². The number of hydrogen-bond acceptors (Lipinski definition) is 4. The van der Waals surface area contributed by atoms with Crippen LogP contribution in [-0.2, 0) is 16.1 Å². The van der Waals surface area contributed by atoms with Crippen molar-refractivity contribution in [3.8, 4) is 0 Å². The first-order valence-electron chi connectivity index (χ1n) is 10.1. The first-order valence-corrected chi connectivity index (χ1v) is 10.1. The van der Waals surface area contributed by atoms with Crippen molar-refractivity contribution >= 4 is 41.5 Å². The Morgan fingerprint density at radius 1 is 1.03 bits per heavy atom. The highest BCUT2D eigenvalue weighted by Crippen LogP contribution is 2.20. The molecule has 0 radical (unpaired) electrons. The van der Waals surface area contributed by atoms with E-state index in [2.05, 4.69) is 46.6 Å². The van der Waals surface area contributed by atoms with Gasteiger partial charge in [0.2, 0.25) is 0 Å². The molecule has 3 N–H and O–H groups in total. The van der Waals surface area contributed by atoms with Crippen LogP contribution in [-0.4, -0.2) is 43.2 Å². The Bertz CT molecular complexity index is 971. The molecule has 4 rings (SSSR count). The smallest absolute Gasteiger partial charge is 0.250 e. The van der Waals surface area contributed by atoms with Crippen molar-refractivity contribution in [1.29, 1.82) is 0 Å². The van der Waals surface area contributed by atoms with Crippen LogP contribution in [0.25, 0.3) is 10.8 Å². The van der Waals surface area contributed by atoms with Crippen molar-refractivity contribution in [2.24, 2.45) is 5.73 Å². The van der Waals surface area contributed by atoms with E-state index in [1.807, 2.05) is 36.4 Å². The Balaban J connectivity index is 0.00000171. The molecule has 2 atom stereocenters. The third-order valence-electron chi connectivity index (χ3n) is 5.42. The van der Waals surface area contributed by atoms with E-state index in [-0.39, 0.29) is 36.8 Å². The summed E-state index contributed by atoms with van der Waals surface area (Å²) in [5, 5.41) is 5.40. The number of carbonyl (C=O) groups is 1. The summed E-state index contributed by atoms with van der Waals surface area (Å²) < 4.78 is 5.76. The number of rotatable bonds is 6. The number of nitrogens with one attached hydrogen (secondary N) is 1. The van der Waals surface area contributed by atoms with Gasteiger partial charge in [-0.15, -0.1) is 24.8 Å². The topological polar surface area (TPSA) is 67.6 Å². The van der Waals surface area contributed by atoms with Crippen LogP contribution >= 0.6 is 24.8 Å². The molecule has 1 fully saturated rings. The van der Waals surface area contributed by atoms with E-state index in [0.29, 0.717) is 19.7 Å². The highest BCUT2D eigenvalue weighted by molar-refractivity contribution is 5.86. The van der Waals surface area contributed by atoms with E-state index in [4.69, 9.17) is 10.5 Å². The van der Waals surface area contributed by atoms with Crippen molar-refractivity contribution in [2.75, 3.05) is 26.2 Å². The Morgan fingerprint density at radius 2 is 1.74 bits per heavy atom. The van der Waals surface area contributed by atoms with Crippen LogP contribution in [0.5, 0.6) is 0 Å². The zero-order chi connectivity index (χ0) is 20.1. The molecule has 1 aliphatic rings. The lowest BCUT2D eigenvalue weighted by Gasteiger charge is -2.33. The average molecular weight is 462 g/mol. The molecule has 0 aliphatic carbocycles. The molecule has 1 aliphatic heterocycles. The largest absolute Gasteiger partial charge is 0.366 e. The molecule has 166 valence electrons. The van der Waals surface area contributed by atoms with Gasteiger partial charge in [0.15, 0.2) is 0 Å². The van der Waals surface area contributed by atoms with E-state index < -0.39 is 6.10 Å². The third kappa shape index (κ3) is 6.42. The normalized spacial score (nSPS) is 17.3. The first kappa shape index (κ1) is 25.1. The van der Waals surface area contributed by atoms with Gasteiger partial charge in [-0.25, -0.2) is 0 Å². The quantitative estimate of drug-likeness (QED) is 0.587. The van der Waals surface area contributed by atoms with Crippen LogP contribution in [0.3, 0.4) is 0 Å². The number of hydrogen-bond donors (Lipinski definition) is 2. The number of fused-ring (bicyclic) bond motifs is 1. The molecule has 31 heavy (non-hydrogen) atoms. The Morgan fingerprint density at radius 3 is 2.48 bits per heavy atom. The average Bonchev–Trinajstić information content (AvgIpc) is 2.78. The van der Waals surface area contributed by atoms with Crippen molar-refractivity contribution in [3.05, 3.63) is 83.9 Å². The van der Waals surface area contributed by atoms with Crippen LogP contribution in [0.15, 0.2) is 72.8 Å². The molecule has 1 heterocycles. The number of amides is 1. The molecule has 0 saturated carbocycles. The number of nitrogens with zero attached hydrogens (tertiary/aromatic N) is 1. The molecule has 7 heteroatoms. The summed E-state index contributed by atoms with van der Waals surface area (Å²) in [6.07, 6.45) is -0.484. The second kappa shape index (κ2) is 12.0. The zero-order valence-electron chi connectivity index (χ0n) is 17.3. The highest BCUT2D eigenvalue weighted by atomic mass is 35.5. The van der Waals surface area contributed by atoms with Crippen molar-refractivity contribution in [2.45, 2.75) is 18.7 Å². The van der Waals surface area contributed by atoms with Gasteiger partial charge in [0.05, 0.1) is 12.6 Å². The van der Waals surface area contributed by atoms with Crippen LogP contribution < -0.4 is 11.1 Å². The Kier molecular flexibility index (Phi) is 9.75. The molecule has 5 nitrogen and oxygen atoms in total. The summed E-state index contributed by atoms with van der Waals surface area (Å²) >= 11 is 0. The van der Waals surface area contributed by atoms with Gasteiger partial charge in [-0.2, -0.15) is 0 Å². The van der Waals surface area contributed by atoms with E-state index in [1.165, 1.54) is 10.9 Å². The molecule has 0 spiro atoms. The maximum absolute atomic E-state index is 12.9. The minimum atomic E-state index is -0.484.